The van der Waals surface area contributed by atoms with Crippen LogP contribution in [-0.4, -0.2) is 44.1 Å². The van der Waals surface area contributed by atoms with Gasteiger partial charge in [-0.1, -0.05) is 0 Å². The number of hydrazone groups is 1. The van der Waals surface area contributed by atoms with Gasteiger partial charge in [0.1, 0.15) is 11.5 Å². The fraction of sp³-hybridized carbons (Fsp3) is 0.200. The molecular formula is C25H23N9O5. The van der Waals surface area contributed by atoms with E-state index < -0.39 is 9.85 Å². The molecule has 0 unspecified atom stereocenters. The molecule has 0 atom stereocenters. The maximum atomic E-state index is 10.9. The molecule has 0 amide bonds. The number of nitro benzene ring substituents is 2. The van der Waals surface area contributed by atoms with E-state index in [4.69, 9.17) is 4.42 Å². The van der Waals surface area contributed by atoms with Crippen LogP contribution in [0.5, 0.6) is 0 Å². The summed E-state index contributed by atoms with van der Waals surface area (Å²) in [6, 6.07) is 15.5. The average molecular weight is 530 g/mol. The van der Waals surface area contributed by atoms with Gasteiger partial charge in [0.2, 0.25) is 17.8 Å². The fourth-order valence-electron chi connectivity index (χ4n) is 3.98. The van der Waals surface area contributed by atoms with E-state index in [1.165, 1.54) is 30.5 Å². The third-order valence-corrected chi connectivity index (χ3v) is 5.94. The Balaban J connectivity index is 1.32. The van der Waals surface area contributed by atoms with Crippen molar-refractivity contribution in [3.63, 3.8) is 0 Å². The number of nitrogens with zero attached hydrogens (tertiary/aromatic N) is 7. The highest BCUT2D eigenvalue weighted by Crippen LogP contribution is 2.25. The molecule has 1 aliphatic heterocycles. The number of furan rings is 1. The summed E-state index contributed by atoms with van der Waals surface area (Å²) >= 11 is 0. The lowest BCUT2D eigenvalue weighted by Crippen LogP contribution is -2.31. The van der Waals surface area contributed by atoms with Crippen LogP contribution >= 0.6 is 0 Å². The average Bonchev–Trinajstić information content (AvgIpc) is 3.43. The van der Waals surface area contributed by atoms with E-state index in [-0.39, 0.29) is 23.3 Å². The van der Waals surface area contributed by atoms with Crippen molar-refractivity contribution in [2.24, 2.45) is 5.10 Å². The first-order chi connectivity index (χ1) is 18.9. The Morgan fingerprint density at radius 3 is 2.13 bits per heavy atom. The van der Waals surface area contributed by atoms with Crippen molar-refractivity contribution in [3.8, 4) is 11.3 Å². The minimum atomic E-state index is -0.463. The minimum Gasteiger partial charge on any atom is -0.455 e. The second-order valence-corrected chi connectivity index (χ2v) is 8.64. The molecule has 1 saturated heterocycles. The van der Waals surface area contributed by atoms with Crippen LogP contribution in [0.2, 0.25) is 0 Å². The molecule has 1 fully saturated rings. The first-order valence-electron chi connectivity index (χ1n) is 12.1. The zero-order valence-electron chi connectivity index (χ0n) is 20.6. The number of piperidine rings is 1. The fourth-order valence-corrected chi connectivity index (χ4v) is 3.98. The van der Waals surface area contributed by atoms with Crippen molar-refractivity contribution in [3.05, 3.63) is 86.7 Å². The largest absolute Gasteiger partial charge is 0.455 e. The van der Waals surface area contributed by atoms with E-state index in [1.54, 1.807) is 36.4 Å². The number of nitrogens with one attached hydrogen (secondary N) is 2. The molecule has 0 saturated carbocycles. The van der Waals surface area contributed by atoms with Crippen molar-refractivity contribution < 1.29 is 14.3 Å². The van der Waals surface area contributed by atoms with E-state index in [9.17, 15) is 20.2 Å². The van der Waals surface area contributed by atoms with Crippen molar-refractivity contribution in [2.75, 3.05) is 28.7 Å². The monoisotopic (exact) mass is 529 g/mol. The van der Waals surface area contributed by atoms with Gasteiger partial charge in [0.25, 0.3) is 11.4 Å². The molecule has 3 heterocycles. The van der Waals surface area contributed by atoms with Gasteiger partial charge in [-0.25, -0.2) is 5.43 Å². The Hall–Kier alpha value is -5.40. The van der Waals surface area contributed by atoms with Crippen LogP contribution in [0.4, 0.5) is 34.9 Å². The molecule has 2 aromatic heterocycles. The molecule has 0 aliphatic carbocycles. The van der Waals surface area contributed by atoms with Crippen molar-refractivity contribution in [1.82, 2.24) is 15.0 Å². The zero-order valence-corrected chi connectivity index (χ0v) is 20.6. The molecule has 0 bridgehead atoms. The van der Waals surface area contributed by atoms with Gasteiger partial charge < -0.3 is 14.6 Å². The van der Waals surface area contributed by atoms with Crippen molar-refractivity contribution >= 4 is 41.1 Å². The third kappa shape index (κ3) is 6.30. The van der Waals surface area contributed by atoms with Crippen LogP contribution in [-0.2, 0) is 0 Å². The molecule has 0 radical (unpaired) electrons. The predicted molar refractivity (Wildman–Crippen MR) is 144 cm³/mol. The second-order valence-electron chi connectivity index (χ2n) is 8.64. The number of aromatic nitrogens is 3. The lowest BCUT2D eigenvalue weighted by molar-refractivity contribution is -0.385. The predicted octanol–water partition coefficient (Wildman–Crippen LogP) is 5.13. The zero-order chi connectivity index (χ0) is 27.2. The highest BCUT2D eigenvalue weighted by molar-refractivity contribution is 5.78. The molecule has 4 aromatic rings. The topological polar surface area (TPSA) is 178 Å². The van der Waals surface area contributed by atoms with Crippen LogP contribution in [0.3, 0.4) is 0 Å². The SMILES string of the molecule is O=[N+]([O-])c1ccc(Nc2nc(NN=Cc3ccc(-c4ccc([N+](=O)[O-])cc4)o3)nc(N3CCCCC3)n2)cc1. The lowest BCUT2D eigenvalue weighted by Gasteiger charge is -2.26. The highest BCUT2D eigenvalue weighted by Gasteiger charge is 2.17. The Bertz CT molecular complexity index is 1500. The molecule has 2 N–H and O–H groups in total. The molecule has 5 rings (SSSR count). The molecule has 0 spiro atoms. The molecule has 39 heavy (non-hydrogen) atoms. The van der Waals surface area contributed by atoms with Crippen molar-refractivity contribution in [2.45, 2.75) is 19.3 Å². The summed E-state index contributed by atoms with van der Waals surface area (Å²) < 4.78 is 5.78. The van der Waals surface area contributed by atoms with Gasteiger partial charge in [-0.15, -0.1) is 0 Å². The van der Waals surface area contributed by atoms with Gasteiger partial charge in [0, 0.05) is 48.6 Å². The Labute approximate surface area is 221 Å². The Kier molecular flexibility index (Phi) is 7.34. The Morgan fingerprint density at radius 1 is 0.821 bits per heavy atom. The smallest absolute Gasteiger partial charge is 0.269 e. The van der Waals surface area contributed by atoms with Crippen LogP contribution < -0.4 is 15.6 Å². The summed E-state index contributed by atoms with van der Waals surface area (Å²) in [7, 11) is 0. The maximum absolute atomic E-state index is 10.9. The second kappa shape index (κ2) is 11.3. The number of rotatable bonds is 9. The lowest BCUT2D eigenvalue weighted by atomic mass is 10.1. The number of benzene rings is 2. The van der Waals surface area contributed by atoms with Crippen LogP contribution in [0.15, 0.2) is 70.2 Å². The summed E-state index contributed by atoms with van der Waals surface area (Å²) in [5.41, 5.74) is 4.07. The molecule has 14 heteroatoms. The van der Waals surface area contributed by atoms with E-state index in [2.05, 4.69) is 35.7 Å². The summed E-state index contributed by atoms with van der Waals surface area (Å²) in [6.45, 7) is 1.64. The van der Waals surface area contributed by atoms with E-state index in [0.29, 0.717) is 28.7 Å². The normalized spacial score (nSPS) is 13.4. The summed E-state index contributed by atoms with van der Waals surface area (Å²) in [5, 5.41) is 29.1. The first kappa shape index (κ1) is 25.3. The molecule has 198 valence electrons. The molecular weight excluding hydrogens is 506 g/mol. The maximum Gasteiger partial charge on any atom is 0.269 e. The third-order valence-electron chi connectivity index (χ3n) is 5.94. The molecule has 2 aromatic carbocycles. The van der Waals surface area contributed by atoms with Crippen LogP contribution in [0.25, 0.3) is 11.3 Å². The van der Waals surface area contributed by atoms with Crippen LogP contribution in [0.1, 0.15) is 25.0 Å². The number of non-ortho nitro benzene ring substituents is 2. The summed E-state index contributed by atoms with van der Waals surface area (Å²) in [6.07, 6.45) is 4.68. The molecule has 14 nitrogen and oxygen atoms in total. The summed E-state index contributed by atoms with van der Waals surface area (Å²) in [4.78, 5) is 36.4. The number of anilines is 4. The number of nitro groups is 2. The number of hydrogen-bond donors (Lipinski definition) is 2. The van der Waals surface area contributed by atoms with E-state index >= 15 is 0 Å². The van der Waals surface area contributed by atoms with Crippen LogP contribution in [0, 0.1) is 20.2 Å². The van der Waals surface area contributed by atoms with Gasteiger partial charge in [-0.3, -0.25) is 20.2 Å². The number of hydrogen-bond acceptors (Lipinski definition) is 12. The first-order valence-corrected chi connectivity index (χ1v) is 12.1. The van der Waals surface area contributed by atoms with E-state index in [0.717, 1.165) is 32.4 Å². The van der Waals surface area contributed by atoms with Gasteiger partial charge in [-0.05, 0) is 55.7 Å². The summed E-state index contributed by atoms with van der Waals surface area (Å²) in [5.74, 6) is 1.94. The van der Waals surface area contributed by atoms with E-state index in [1.807, 2.05) is 0 Å². The Morgan fingerprint density at radius 2 is 1.46 bits per heavy atom. The highest BCUT2D eigenvalue weighted by atomic mass is 16.6. The van der Waals surface area contributed by atoms with Gasteiger partial charge in [0.05, 0.1) is 16.1 Å². The molecule has 1 aliphatic rings. The van der Waals surface area contributed by atoms with Gasteiger partial charge >= 0.3 is 0 Å². The van der Waals surface area contributed by atoms with Crippen molar-refractivity contribution in [1.29, 1.82) is 0 Å². The van der Waals surface area contributed by atoms with Gasteiger partial charge in [-0.2, -0.15) is 20.1 Å². The minimum absolute atomic E-state index is 0.00000258. The standard InChI is InChI=1S/C25H23N9O5/c35-33(36)19-8-4-17(5-9-19)22-13-12-21(39-22)16-26-31-24-28-23(27-18-6-10-20(11-7-18)34(37)38)29-25(30-24)32-14-2-1-3-15-32/h4-13,16H,1-3,14-15H2,(H2,27,28,29,30,31). The van der Waals surface area contributed by atoms with Gasteiger partial charge in [0.15, 0.2) is 0 Å². The quantitative estimate of drug-likeness (QED) is 0.167.